The lowest BCUT2D eigenvalue weighted by Gasteiger charge is -2.55. The Morgan fingerprint density at radius 1 is 1.00 bits per heavy atom. The molecule has 0 saturated carbocycles. The standard InChI is InChI=1S/C17H32N4/c1-14-11-20-8-3-2-5-15(20)12-21(14)17(13-18)7-10-19-9-4-6-16(17)19/h14-16H,2-13,18H2,1H3. The number of hydrogen-bond donors (Lipinski definition) is 1. The lowest BCUT2D eigenvalue weighted by Crippen LogP contribution is -2.69. The molecule has 0 spiro atoms. The Bertz CT molecular complexity index is 387. The molecule has 0 aromatic heterocycles. The number of hydrogen-bond acceptors (Lipinski definition) is 4. The van der Waals surface area contributed by atoms with Gasteiger partial charge in [0.15, 0.2) is 0 Å². The summed E-state index contributed by atoms with van der Waals surface area (Å²) in [7, 11) is 0. The van der Waals surface area contributed by atoms with Gasteiger partial charge in [0.2, 0.25) is 0 Å². The van der Waals surface area contributed by atoms with Gasteiger partial charge in [0.25, 0.3) is 0 Å². The molecule has 0 aromatic carbocycles. The minimum absolute atomic E-state index is 0.277. The van der Waals surface area contributed by atoms with E-state index in [9.17, 15) is 0 Å². The molecule has 4 atom stereocenters. The first kappa shape index (κ1) is 14.4. The summed E-state index contributed by atoms with van der Waals surface area (Å²) in [6.07, 6.45) is 8.28. The zero-order valence-corrected chi connectivity index (χ0v) is 13.6. The molecule has 2 N–H and O–H groups in total. The van der Waals surface area contributed by atoms with Crippen molar-refractivity contribution in [1.82, 2.24) is 14.7 Å². The van der Waals surface area contributed by atoms with Gasteiger partial charge in [0.05, 0.1) is 5.54 Å². The molecule has 4 rings (SSSR count). The van der Waals surface area contributed by atoms with Crippen LogP contribution in [0, 0.1) is 0 Å². The monoisotopic (exact) mass is 292 g/mol. The highest BCUT2D eigenvalue weighted by Gasteiger charge is 2.54. The van der Waals surface area contributed by atoms with Gasteiger partial charge in [0, 0.05) is 44.3 Å². The first-order valence-electron chi connectivity index (χ1n) is 9.19. The Morgan fingerprint density at radius 3 is 2.71 bits per heavy atom. The molecule has 120 valence electrons. The molecule has 4 heteroatoms. The summed E-state index contributed by atoms with van der Waals surface area (Å²) in [5.74, 6) is 0. The van der Waals surface area contributed by atoms with Crippen LogP contribution < -0.4 is 5.73 Å². The Hall–Kier alpha value is -0.160. The van der Waals surface area contributed by atoms with Crippen molar-refractivity contribution < 1.29 is 0 Å². The van der Waals surface area contributed by atoms with Crippen LogP contribution in [0.2, 0.25) is 0 Å². The molecule has 4 fully saturated rings. The van der Waals surface area contributed by atoms with Crippen LogP contribution in [0.4, 0.5) is 0 Å². The van der Waals surface area contributed by atoms with Gasteiger partial charge in [-0.15, -0.1) is 0 Å². The zero-order valence-electron chi connectivity index (χ0n) is 13.6. The molecule has 0 amide bonds. The molecule has 0 aromatic rings. The van der Waals surface area contributed by atoms with E-state index in [0.29, 0.717) is 6.04 Å². The highest BCUT2D eigenvalue weighted by Crippen LogP contribution is 2.42. The molecular formula is C17H32N4. The van der Waals surface area contributed by atoms with Gasteiger partial charge in [-0.1, -0.05) is 6.42 Å². The van der Waals surface area contributed by atoms with E-state index in [2.05, 4.69) is 21.6 Å². The normalized spacial score (nSPS) is 45.7. The summed E-state index contributed by atoms with van der Waals surface area (Å²) in [5, 5.41) is 0. The van der Waals surface area contributed by atoms with Gasteiger partial charge in [-0.2, -0.15) is 0 Å². The number of nitrogens with zero attached hydrogens (tertiary/aromatic N) is 3. The van der Waals surface area contributed by atoms with Crippen molar-refractivity contribution in [3.05, 3.63) is 0 Å². The van der Waals surface area contributed by atoms with Gasteiger partial charge in [-0.25, -0.2) is 0 Å². The van der Waals surface area contributed by atoms with E-state index in [1.807, 2.05) is 0 Å². The highest BCUT2D eigenvalue weighted by atomic mass is 15.4. The third-order valence-corrected chi connectivity index (χ3v) is 6.93. The van der Waals surface area contributed by atoms with E-state index in [1.165, 1.54) is 71.2 Å². The Morgan fingerprint density at radius 2 is 1.86 bits per heavy atom. The first-order valence-corrected chi connectivity index (χ1v) is 9.19. The minimum Gasteiger partial charge on any atom is -0.329 e. The summed E-state index contributed by atoms with van der Waals surface area (Å²) in [4.78, 5) is 8.35. The minimum atomic E-state index is 0.277. The van der Waals surface area contributed by atoms with Crippen LogP contribution in [-0.4, -0.2) is 77.6 Å². The second-order valence-electron chi connectivity index (χ2n) is 7.90. The Balaban J connectivity index is 1.58. The van der Waals surface area contributed by atoms with E-state index < -0.39 is 0 Å². The predicted octanol–water partition coefficient (Wildman–Crippen LogP) is 1.11. The summed E-state index contributed by atoms with van der Waals surface area (Å²) in [6.45, 7) is 9.74. The van der Waals surface area contributed by atoms with Crippen molar-refractivity contribution in [2.75, 3.05) is 39.3 Å². The second kappa shape index (κ2) is 5.48. The van der Waals surface area contributed by atoms with Gasteiger partial charge >= 0.3 is 0 Å². The molecule has 21 heavy (non-hydrogen) atoms. The highest BCUT2D eigenvalue weighted by molar-refractivity contribution is 5.12. The van der Waals surface area contributed by atoms with E-state index in [1.54, 1.807) is 0 Å². The third-order valence-electron chi connectivity index (χ3n) is 6.93. The van der Waals surface area contributed by atoms with Crippen LogP contribution in [0.5, 0.6) is 0 Å². The molecule has 4 nitrogen and oxygen atoms in total. The molecule has 0 bridgehead atoms. The van der Waals surface area contributed by atoms with Gasteiger partial charge in [-0.05, 0) is 52.1 Å². The van der Waals surface area contributed by atoms with Crippen molar-refractivity contribution in [2.24, 2.45) is 5.73 Å². The average molecular weight is 292 g/mol. The number of rotatable bonds is 2. The van der Waals surface area contributed by atoms with E-state index in [0.717, 1.165) is 18.6 Å². The van der Waals surface area contributed by atoms with Crippen molar-refractivity contribution in [2.45, 2.75) is 69.1 Å². The predicted molar refractivity (Wildman–Crippen MR) is 86.4 cm³/mol. The van der Waals surface area contributed by atoms with E-state index in [4.69, 9.17) is 5.73 Å². The average Bonchev–Trinajstić information content (AvgIpc) is 3.09. The van der Waals surface area contributed by atoms with Crippen LogP contribution >= 0.6 is 0 Å². The fourth-order valence-corrected chi connectivity index (χ4v) is 5.87. The maximum Gasteiger partial charge on any atom is 0.0502 e. The summed E-state index contributed by atoms with van der Waals surface area (Å²) >= 11 is 0. The quantitative estimate of drug-likeness (QED) is 0.827. The van der Waals surface area contributed by atoms with Crippen LogP contribution in [0.15, 0.2) is 0 Å². The van der Waals surface area contributed by atoms with Crippen LogP contribution in [0.3, 0.4) is 0 Å². The summed E-state index contributed by atoms with van der Waals surface area (Å²) in [5.41, 5.74) is 6.68. The SMILES string of the molecule is CC1CN2CCCCC2CN1C1(CN)CCN2CCCC21. The maximum atomic E-state index is 6.40. The number of fused-ring (bicyclic) bond motifs is 2. The summed E-state index contributed by atoms with van der Waals surface area (Å²) < 4.78 is 0. The fraction of sp³-hybridized carbons (Fsp3) is 1.00. The molecule has 4 saturated heterocycles. The number of piperidine rings is 1. The molecular weight excluding hydrogens is 260 g/mol. The molecule has 4 aliphatic rings. The fourth-order valence-electron chi connectivity index (χ4n) is 5.87. The second-order valence-corrected chi connectivity index (χ2v) is 7.90. The number of piperazine rings is 1. The molecule has 0 aliphatic carbocycles. The zero-order chi connectivity index (χ0) is 14.4. The smallest absolute Gasteiger partial charge is 0.0502 e. The topological polar surface area (TPSA) is 35.7 Å². The van der Waals surface area contributed by atoms with Crippen molar-refractivity contribution in [3.8, 4) is 0 Å². The number of nitrogens with two attached hydrogens (primary N) is 1. The molecule has 0 radical (unpaired) electrons. The molecule has 4 heterocycles. The largest absolute Gasteiger partial charge is 0.329 e. The Kier molecular flexibility index (Phi) is 3.77. The Labute approximate surface area is 129 Å². The third kappa shape index (κ3) is 2.18. The maximum absolute atomic E-state index is 6.40. The lowest BCUT2D eigenvalue weighted by atomic mass is 9.83. The van der Waals surface area contributed by atoms with Crippen molar-refractivity contribution >= 4 is 0 Å². The van der Waals surface area contributed by atoms with Crippen LogP contribution in [0.25, 0.3) is 0 Å². The van der Waals surface area contributed by atoms with Crippen molar-refractivity contribution in [1.29, 1.82) is 0 Å². The van der Waals surface area contributed by atoms with E-state index >= 15 is 0 Å². The summed E-state index contributed by atoms with van der Waals surface area (Å²) in [6, 6.07) is 2.21. The van der Waals surface area contributed by atoms with Crippen molar-refractivity contribution in [3.63, 3.8) is 0 Å². The molecule has 4 unspecified atom stereocenters. The van der Waals surface area contributed by atoms with Crippen LogP contribution in [-0.2, 0) is 0 Å². The van der Waals surface area contributed by atoms with Gasteiger partial charge in [-0.3, -0.25) is 14.7 Å². The van der Waals surface area contributed by atoms with E-state index in [-0.39, 0.29) is 5.54 Å². The van der Waals surface area contributed by atoms with Gasteiger partial charge in [0.1, 0.15) is 0 Å². The lowest BCUT2D eigenvalue weighted by molar-refractivity contribution is -0.0540. The molecule has 4 aliphatic heterocycles. The van der Waals surface area contributed by atoms with Crippen LogP contribution in [0.1, 0.15) is 45.4 Å². The first-order chi connectivity index (χ1) is 10.2. The van der Waals surface area contributed by atoms with Gasteiger partial charge < -0.3 is 5.73 Å².